The van der Waals surface area contributed by atoms with E-state index in [1.807, 2.05) is 58.0 Å². The SMILES string of the molecule is C=C/C=C(\C=C)C1=C(Nc2ccccc2)C(=O)NC1=O.CC.CC. The lowest BCUT2D eigenvalue weighted by molar-refractivity contribution is -0.124. The maximum atomic E-state index is 11.9. The Balaban J connectivity index is 0.00000123. The number of amides is 2. The zero-order valence-electron chi connectivity index (χ0n) is 14.8. The van der Waals surface area contributed by atoms with Gasteiger partial charge in [0, 0.05) is 5.69 Å². The number of carbonyl (C=O) groups is 2. The van der Waals surface area contributed by atoms with Gasteiger partial charge in [0.1, 0.15) is 5.70 Å². The van der Waals surface area contributed by atoms with Crippen molar-refractivity contribution >= 4 is 17.5 Å². The number of anilines is 1. The van der Waals surface area contributed by atoms with Crippen LogP contribution in [0.25, 0.3) is 0 Å². The highest BCUT2D eigenvalue weighted by Crippen LogP contribution is 2.23. The fourth-order valence-corrected chi connectivity index (χ4v) is 1.90. The minimum atomic E-state index is -0.453. The summed E-state index contributed by atoms with van der Waals surface area (Å²) < 4.78 is 0. The number of nitrogens with one attached hydrogen (secondary N) is 2. The van der Waals surface area contributed by atoms with Gasteiger partial charge < -0.3 is 5.32 Å². The van der Waals surface area contributed by atoms with Gasteiger partial charge in [0.25, 0.3) is 11.8 Å². The Bertz CT molecular complexity index is 641. The lowest BCUT2D eigenvalue weighted by atomic mass is 10.0. The standard InChI is InChI=1S/C16H14N2O2.2C2H6/c1-3-8-11(4-2)13-14(16(20)18-15(13)19)17-12-9-6-5-7-10-12;2*1-2/h3-10H,1-2H2,(H2,17,18,19,20);2*1-2H3/b11-8+;;. The van der Waals surface area contributed by atoms with Crippen molar-refractivity contribution in [1.82, 2.24) is 5.32 Å². The van der Waals surface area contributed by atoms with E-state index in [1.54, 1.807) is 12.2 Å². The van der Waals surface area contributed by atoms with Crippen molar-refractivity contribution < 1.29 is 9.59 Å². The van der Waals surface area contributed by atoms with Crippen LogP contribution in [0, 0.1) is 0 Å². The molecule has 0 aromatic heterocycles. The zero-order valence-corrected chi connectivity index (χ0v) is 14.8. The topological polar surface area (TPSA) is 58.2 Å². The molecule has 4 heteroatoms. The first-order valence-electron chi connectivity index (χ1n) is 8.05. The molecule has 1 aliphatic heterocycles. The van der Waals surface area contributed by atoms with Gasteiger partial charge in [-0.25, -0.2) is 0 Å². The molecule has 1 aliphatic rings. The third kappa shape index (κ3) is 5.39. The van der Waals surface area contributed by atoms with Gasteiger partial charge in [0.15, 0.2) is 0 Å². The maximum Gasteiger partial charge on any atom is 0.275 e. The van der Waals surface area contributed by atoms with E-state index in [2.05, 4.69) is 23.8 Å². The number of rotatable bonds is 5. The van der Waals surface area contributed by atoms with Crippen LogP contribution in [0.4, 0.5) is 5.69 Å². The summed E-state index contributed by atoms with van der Waals surface area (Å²) in [7, 11) is 0. The molecule has 0 spiro atoms. The number of para-hydroxylation sites is 1. The molecule has 128 valence electrons. The summed E-state index contributed by atoms with van der Waals surface area (Å²) in [6.07, 6.45) is 4.69. The van der Waals surface area contributed by atoms with Gasteiger partial charge in [0.05, 0.1) is 5.57 Å². The third-order valence-electron chi connectivity index (χ3n) is 2.78. The van der Waals surface area contributed by atoms with Crippen molar-refractivity contribution in [2.75, 3.05) is 5.32 Å². The summed E-state index contributed by atoms with van der Waals surface area (Å²) >= 11 is 0. The maximum absolute atomic E-state index is 11.9. The van der Waals surface area contributed by atoms with Gasteiger partial charge in [-0.15, -0.1) is 0 Å². The Kier molecular flexibility index (Phi) is 10.3. The first-order chi connectivity index (χ1) is 11.7. The summed E-state index contributed by atoms with van der Waals surface area (Å²) in [6, 6.07) is 9.17. The smallest absolute Gasteiger partial charge is 0.275 e. The molecule has 0 bridgehead atoms. The minimum absolute atomic E-state index is 0.217. The average Bonchev–Trinajstić information content (AvgIpc) is 2.91. The van der Waals surface area contributed by atoms with Crippen LogP contribution in [-0.2, 0) is 9.59 Å². The second kappa shape index (κ2) is 11.7. The summed E-state index contributed by atoms with van der Waals surface area (Å²) in [5.74, 6) is -0.896. The van der Waals surface area contributed by atoms with Gasteiger partial charge in [-0.05, 0) is 17.7 Å². The van der Waals surface area contributed by atoms with Crippen molar-refractivity contribution in [3.05, 3.63) is 78.6 Å². The van der Waals surface area contributed by atoms with Crippen molar-refractivity contribution in [2.24, 2.45) is 0 Å². The van der Waals surface area contributed by atoms with E-state index in [0.717, 1.165) is 5.69 Å². The highest BCUT2D eigenvalue weighted by molar-refractivity contribution is 6.22. The molecular formula is C20H26N2O2. The van der Waals surface area contributed by atoms with Crippen LogP contribution in [0.3, 0.4) is 0 Å². The minimum Gasteiger partial charge on any atom is -0.350 e. The van der Waals surface area contributed by atoms with Crippen LogP contribution >= 0.6 is 0 Å². The predicted molar refractivity (Wildman–Crippen MR) is 101 cm³/mol. The average molecular weight is 326 g/mol. The number of carbonyl (C=O) groups excluding carboxylic acids is 2. The molecule has 1 aromatic rings. The molecule has 2 N–H and O–H groups in total. The Morgan fingerprint density at radius 3 is 2.08 bits per heavy atom. The quantitative estimate of drug-likeness (QED) is 0.624. The fraction of sp³-hybridized carbons (Fsp3) is 0.200. The lowest BCUT2D eigenvalue weighted by Gasteiger charge is -2.07. The van der Waals surface area contributed by atoms with Gasteiger partial charge >= 0.3 is 0 Å². The molecule has 0 aliphatic carbocycles. The molecule has 24 heavy (non-hydrogen) atoms. The molecule has 2 amide bonds. The summed E-state index contributed by atoms with van der Waals surface area (Å²) in [4.78, 5) is 23.8. The van der Waals surface area contributed by atoms with Crippen LogP contribution < -0.4 is 10.6 Å². The first-order valence-corrected chi connectivity index (χ1v) is 8.05. The normalized spacial score (nSPS) is 13.1. The molecule has 4 nitrogen and oxygen atoms in total. The summed E-state index contributed by atoms with van der Waals surface area (Å²) in [5.41, 5.74) is 1.76. The second-order valence-corrected chi connectivity index (χ2v) is 4.09. The molecule has 2 rings (SSSR count). The van der Waals surface area contributed by atoms with Crippen molar-refractivity contribution in [2.45, 2.75) is 27.7 Å². The Morgan fingerprint density at radius 1 is 1.00 bits per heavy atom. The zero-order chi connectivity index (χ0) is 18.5. The van der Waals surface area contributed by atoms with E-state index in [4.69, 9.17) is 0 Å². The van der Waals surface area contributed by atoms with Crippen LogP contribution in [0.2, 0.25) is 0 Å². The Morgan fingerprint density at radius 2 is 1.58 bits per heavy atom. The van der Waals surface area contributed by atoms with Gasteiger partial charge in [-0.1, -0.05) is 77.3 Å². The van der Waals surface area contributed by atoms with Gasteiger partial charge in [0.2, 0.25) is 0 Å². The monoisotopic (exact) mass is 326 g/mol. The van der Waals surface area contributed by atoms with Crippen molar-refractivity contribution in [3.63, 3.8) is 0 Å². The van der Waals surface area contributed by atoms with Crippen molar-refractivity contribution in [1.29, 1.82) is 0 Å². The van der Waals surface area contributed by atoms with E-state index in [1.165, 1.54) is 6.08 Å². The van der Waals surface area contributed by atoms with E-state index in [0.29, 0.717) is 5.57 Å². The summed E-state index contributed by atoms with van der Waals surface area (Å²) in [5, 5.41) is 5.24. The van der Waals surface area contributed by atoms with Crippen LogP contribution in [0.1, 0.15) is 27.7 Å². The number of hydrogen-bond acceptors (Lipinski definition) is 3. The van der Waals surface area contributed by atoms with Crippen LogP contribution in [0.15, 0.2) is 78.6 Å². The molecule has 0 unspecified atom stereocenters. The molecule has 0 radical (unpaired) electrons. The third-order valence-corrected chi connectivity index (χ3v) is 2.78. The highest BCUT2D eigenvalue weighted by Gasteiger charge is 2.31. The second-order valence-electron chi connectivity index (χ2n) is 4.09. The molecule has 0 saturated heterocycles. The number of hydrogen-bond donors (Lipinski definition) is 2. The first kappa shape index (κ1) is 21.1. The van der Waals surface area contributed by atoms with Gasteiger partial charge in [-0.2, -0.15) is 0 Å². The molecular weight excluding hydrogens is 300 g/mol. The largest absolute Gasteiger partial charge is 0.350 e. The number of imide groups is 1. The Labute approximate surface area is 144 Å². The van der Waals surface area contributed by atoms with Gasteiger partial charge in [-0.3, -0.25) is 14.9 Å². The molecule has 0 atom stereocenters. The molecule has 0 fully saturated rings. The highest BCUT2D eigenvalue weighted by atomic mass is 16.2. The Hall–Kier alpha value is -2.88. The van der Waals surface area contributed by atoms with Crippen LogP contribution in [-0.4, -0.2) is 11.8 Å². The summed E-state index contributed by atoms with van der Waals surface area (Å²) in [6.45, 7) is 15.2. The van der Waals surface area contributed by atoms with E-state index < -0.39 is 11.8 Å². The van der Waals surface area contributed by atoms with Crippen LogP contribution in [0.5, 0.6) is 0 Å². The fourth-order valence-electron chi connectivity index (χ4n) is 1.90. The van der Waals surface area contributed by atoms with E-state index in [-0.39, 0.29) is 11.3 Å². The number of benzene rings is 1. The van der Waals surface area contributed by atoms with E-state index in [9.17, 15) is 9.59 Å². The molecule has 1 heterocycles. The molecule has 1 aromatic carbocycles. The predicted octanol–water partition coefficient (Wildman–Crippen LogP) is 4.36. The lowest BCUT2D eigenvalue weighted by Crippen LogP contribution is -2.24. The molecule has 0 saturated carbocycles. The van der Waals surface area contributed by atoms with Crippen molar-refractivity contribution in [3.8, 4) is 0 Å². The number of allylic oxidation sites excluding steroid dienone is 3. The van der Waals surface area contributed by atoms with E-state index >= 15 is 0 Å².